The summed E-state index contributed by atoms with van der Waals surface area (Å²) in [6.07, 6.45) is 14.1. The van der Waals surface area contributed by atoms with Gasteiger partial charge in [-0.15, -0.1) is 0 Å². The van der Waals surface area contributed by atoms with E-state index in [9.17, 15) is 4.79 Å². The molecule has 2 fully saturated rings. The summed E-state index contributed by atoms with van der Waals surface area (Å²) in [5.41, 5.74) is 3.53. The maximum atomic E-state index is 11.3. The summed E-state index contributed by atoms with van der Waals surface area (Å²) in [7, 11) is 0. The van der Waals surface area contributed by atoms with Crippen LogP contribution in [0.4, 0.5) is 0 Å². The van der Waals surface area contributed by atoms with Crippen LogP contribution in [0.2, 0.25) is 0 Å². The maximum Gasteiger partial charge on any atom is 0.303 e. The molecule has 130 valence electrons. The highest BCUT2D eigenvalue weighted by molar-refractivity contribution is 5.66. The molecule has 0 aromatic carbocycles. The first kappa shape index (κ1) is 16.2. The van der Waals surface area contributed by atoms with Gasteiger partial charge in [0.1, 0.15) is 6.10 Å². The van der Waals surface area contributed by atoms with Crippen LogP contribution in [0.1, 0.15) is 59.3 Å². The van der Waals surface area contributed by atoms with Crippen molar-refractivity contribution in [2.24, 2.45) is 28.6 Å². The molecule has 0 aliphatic heterocycles. The number of fused-ring (bicyclic) bond motifs is 5. The first-order valence-electron chi connectivity index (χ1n) is 9.59. The van der Waals surface area contributed by atoms with Crippen molar-refractivity contribution >= 4 is 5.97 Å². The van der Waals surface area contributed by atoms with E-state index in [0.29, 0.717) is 5.41 Å². The van der Waals surface area contributed by atoms with Gasteiger partial charge in [-0.3, -0.25) is 4.79 Å². The van der Waals surface area contributed by atoms with Gasteiger partial charge in [0.2, 0.25) is 0 Å². The number of hydrogen-bond acceptors (Lipinski definition) is 2. The van der Waals surface area contributed by atoms with Crippen LogP contribution in [0.15, 0.2) is 36.0 Å². The molecular formula is C22H30O2. The Morgan fingerprint density at radius 2 is 2.08 bits per heavy atom. The lowest BCUT2D eigenvalue weighted by atomic mass is 9.49. The minimum absolute atomic E-state index is 0.0708. The Morgan fingerprint density at radius 1 is 1.29 bits per heavy atom. The number of carbonyl (C=O) groups is 1. The summed E-state index contributed by atoms with van der Waals surface area (Å²) in [5.74, 6) is 2.14. The predicted molar refractivity (Wildman–Crippen MR) is 96.3 cm³/mol. The third kappa shape index (κ3) is 2.18. The highest BCUT2D eigenvalue weighted by atomic mass is 16.5. The zero-order chi connectivity index (χ0) is 17.1. The van der Waals surface area contributed by atoms with Crippen LogP contribution in [0, 0.1) is 28.6 Å². The number of ether oxygens (including phenoxy) is 1. The average Bonchev–Trinajstić information content (AvgIpc) is 2.83. The third-order valence-corrected chi connectivity index (χ3v) is 7.89. The molecule has 4 aliphatic rings. The second kappa shape index (κ2) is 5.34. The normalized spacial score (nSPS) is 46.6. The number of rotatable bonds is 1. The van der Waals surface area contributed by atoms with Gasteiger partial charge in [-0.1, -0.05) is 43.7 Å². The Labute approximate surface area is 146 Å². The molecule has 0 aromatic rings. The van der Waals surface area contributed by atoms with E-state index in [1.807, 2.05) is 0 Å². The van der Waals surface area contributed by atoms with Crippen LogP contribution >= 0.6 is 0 Å². The Kier molecular flexibility index (Phi) is 3.60. The monoisotopic (exact) mass is 326 g/mol. The smallest absolute Gasteiger partial charge is 0.303 e. The van der Waals surface area contributed by atoms with E-state index in [2.05, 4.69) is 38.7 Å². The fraction of sp³-hybridized carbons (Fsp3) is 0.682. The lowest BCUT2D eigenvalue weighted by molar-refractivity contribution is -0.144. The fourth-order valence-corrected chi connectivity index (χ4v) is 6.42. The van der Waals surface area contributed by atoms with E-state index in [4.69, 9.17) is 4.74 Å². The van der Waals surface area contributed by atoms with Crippen molar-refractivity contribution in [3.8, 4) is 0 Å². The molecule has 4 rings (SSSR count). The van der Waals surface area contributed by atoms with Crippen molar-refractivity contribution in [3.05, 3.63) is 36.0 Å². The molecule has 0 bridgehead atoms. The predicted octanol–water partition coefficient (Wildman–Crippen LogP) is 5.21. The summed E-state index contributed by atoms with van der Waals surface area (Å²) in [6.45, 7) is 10.8. The summed E-state index contributed by atoms with van der Waals surface area (Å²) in [5, 5.41) is 0. The van der Waals surface area contributed by atoms with Gasteiger partial charge in [0.15, 0.2) is 0 Å². The molecule has 4 aliphatic carbocycles. The van der Waals surface area contributed by atoms with Crippen LogP contribution in [-0.4, -0.2) is 12.1 Å². The zero-order valence-corrected chi connectivity index (χ0v) is 15.3. The standard InChI is InChI=1S/C22H30O2/c1-14-5-8-19-18-7-6-16-13-17(24-15(2)23)9-11-22(16,4)20(18)10-12-21(14,19)3/h6,9,11,17-20H,1,5,7-8,10,12-13H2,2-4H3/t17-,18-,19-,20-,21+,22-/m0/s1. The van der Waals surface area contributed by atoms with Gasteiger partial charge in [-0.05, 0) is 61.3 Å². The third-order valence-electron chi connectivity index (χ3n) is 7.89. The molecule has 0 N–H and O–H groups in total. The summed E-state index contributed by atoms with van der Waals surface area (Å²) in [4.78, 5) is 11.3. The fourth-order valence-electron chi connectivity index (χ4n) is 6.42. The second-order valence-corrected chi connectivity index (χ2v) is 8.93. The van der Waals surface area contributed by atoms with Gasteiger partial charge < -0.3 is 4.74 Å². The second-order valence-electron chi connectivity index (χ2n) is 8.93. The van der Waals surface area contributed by atoms with Gasteiger partial charge in [0.25, 0.3) is 0 Å². The molecule has 0 unspecified atom stereocenters. The Bertz CT molecular complexity index is 642. The molecule has 24 heavy (non-hydrogen) atoms. The Morgan fingerprint density at radius 3 is 2.83 bits per heavy atom. The first-order chi connectivity index (χ1) is 11.3. The van der Waals surface area contributed by atoms with Gasteiger partial charge in [-0.2, -0.15) is 0 Å². The van der Waals surface area contributed by atoms with E-state index in [1.165, 1.54) is 50.2 Å². The number of esters is 1. The van der Waals surface area contributed by atoms with Crippen molar-refractivity contribution in [2.75, 3.05) is 0 Å². The lowest BCUT2D eigenvalue weighted by Crippen LogP contribution is -2.48. The molecule has 6 atom stereocenters. The van der Waals surface area contributed by atoms with Gasteiger partial charge >= 0.3 is 5.97 Å². The summed E-state index contributed by atoms with van der Waals surface area (Å²) < 4.78 is 5.44. The van der Waals surface area contributed by atoms with E-state index in [-0.39, 0.29) is 17.5 Å². The van der Waals surface area contributed by atoms with Crippen molar-refractivity contribution in [2.45, 2.75) is 65.4 Å². The topological polar surface area (TPSA) is 26.3 Å². The highest BCUT2D eigenvalue weighted by Gasteiger charge is 2.56. The Balaban J connectivity index is 1.63. The molecule has 0 spiro atoms. The molecule has 0 saturated heterocycles. The van der Waals surface area contributed by atoms with Crippen LogP contribution < -0.4 is 0 Å². The SMILES string of the molecule is C=C1CC[C@H]2[C@@H]3CC=C4C[C@@H](OC(C)=O)C=C[C@]4(C)[C@H]3CC[C@]12C. The summed E-state index contributed by atoms with van der Waals surface area (Å²) >= 11 is 0. The van der Waals surface area contributed by atoms with Crippen LogP contribution in [0.5, 0.6) is 0 Å². The van der Waals surface area contributed by atoms with Crippen LogP contribution in [0.3, 0.4) is 0 Å². The molecule has 0 amide bonds. The van der Waals surface area contributed by atoms with E-state index in [1.54, 1.807) is 0 Å². The van der Waals surface area contributed by atoms with E-state index < -0.39 is 0 Å². The molecular weight excluding hydrogens is 296 g/mol. The molecule has 0 radical (unpaired) electrons. The summed E-state index contributed by atoms with van der Waals surface area (Å²) in [6, 6.07) is 0. The molecule has 2 nitrogen and oxygen atoms in total. The number of allylic oxidation sites excluding steroid dienone is 3. The molecule has 2 heteroatoms. The van der Waals surface area contributed by atoms with Crippen molar-refractivity contribution in [3.63, 3.8) is 0 Å². The van der Waals surface area contributed by atoms with Crippen molar-refractivity contribution in [1.29, 1.82) is 0 Å². The van der Waals surface area contributed by atoms with Crippen LogP contribution in [-0.2, 0) is 9.53 Å². The first-order valence-corrected chi connectivity index (χ1v) is 9.59. The molecule has 0 heterocycles. The van der Waals surface area contributed by atoms with Gasteiger partial charge in [0, 0.05) is 18.8 Å². The highest BCUT2D eigenvalue weighted by Crippen LogP contribution is 2.65. The largest absolute Gasteiger partial charge is 0.458 e. The van der Waals surface area contributed by atoms with Gasteiger partial charge in [-0.25, -0.2) is 0 Å². The van der Waals surface area contributed by atoms with Crippen molar-refractivity contribution < 1.29 is 9.53 Å². The maximum absolute atomic E-state index is 11.3. The van der Waals surface area contributed by atoms with E-state index in [0.717, 1.165) is 24.2 Å². The van der Waals surface area contributed by atoms with Crippen molar-refractivity contribution in [1.82, 2.24) is 0 Å². The quantitative estimate of drug-likeness (QED) is 0.488. The average molecular weight is 326 g/mol. The lowest BCUT2D eigenvalue weighted by Gasteiger charge is -2.56. The number of carbonyl (C=O) groups excluding carboxylic acids is 1. The Hall–Kier alpha value is -1.31. The van der Waals surface area contributed by atoms with Gasteiger partial charge in [0.05, 0.1) is 0 Å². The number of hydrogen-bond donors (Lipinski definition) is 0. The minimum atomic E-state index is -0.180. The molecule has 2 saturated carbocycles. The minimum Gasteiger partial charge on any atom is -0.458 e. The molecule has 0 aromatic heterocycles. The van der Waals surface area contributed by atoms with E-state index >= 15 is 0 Å². The zero-order valence-electron chi connectivity index (χ0n) is 15.3. The van der Waals surface area contributed by atoms with Crippen LogP contribution in [0.25, 0.3) is 0 Å².